The van der Waals surface area contributed by atoms with Crippen molar-refractivity contribution in [1.82, 2.24) is 24.5 Å². The van der Waals surface area contributed by atoms with Gasteiger partial charge >= 0.3 is 0 Å². The maximum absolute atomic E-state index is 4.73. The number of hydrogen-bond acceptors (Lipinski definition) is 5. The number of nitrogens with one attached hydrogen (secondary N) is 1. The first-order chi connectivity index (χ1) is 13.6. The van der Waals surface area contributed by atoms with E-state index < -0.39 is 0 Å². The normalized spacial score (nSPS) is 16.6. The van der Waals surface area contributed by atoms with Crippen molar-refractivity contribution in [3.63, 3.8) is 0 Å². The molecule has 6 nitrogen and oxygen atoms in total. The van der Waals surface area contributed by atoms with Crippen LogP contribution >= 0.6 is 0 Å². The predicted molar refractivity (Wildman–Crippen MR) is 113 cm³/mol. The number of fused-ring (bicyclic) bond motifs is 1. The van der Waals surface area contributed by atoms with Gasteiger partial charge in [-0.05, 0) is 82.1 Å². The first kappa shape index (κ1) is 18.6. The Morgan fingerprint density at radius 1 is 1.29 bits per heavy atom. The maximum Gasteiger partial charge on any atom is 0.222 e. The fraction of sp³-hybridized carbons (Fsp3) is 0.409. The van der Waals surface area contributed by atoms with Crippen molar-refractivity contribution < 1.29 is 0 Å². The summed E-state index contributed by atoms with van der Waals surface area (Å²) < 4.78 is 1.87. The highest BCUT2D eigenvalue weighted by Crippen LogP contribution is 2.26. The second-order valence-corrected chi connectivity index (χ2v) is 7.64. The van der Waals surface area contributed by atoms with Crippen LogP contribution < -0.4 is 5.32 Å². The summed E-state index contributed by atoms with van der Waals surface area (Å²) in [5, 5.41) is 7.71. The van der Waals surface area contributed by atoms with Crippen LogP contribution in [0.25, 0.3) is 11.1 Å². The number of aromatic nitrogens is 4. The number of allylic oxidation sites excluding steroid dienone is 1. The third-order valence-electron chi connectivity index (χ3n) is 5.66. The number of hydrogen-bond donors (Lipinski definition) is 1. The molecule has 146 valence electrons. The van der Waals surface area contributed by atoms with Gasteiger partial charge in [0.1, 0.15) is 0 Å². The Labute approximate surface area is 166 Å². The number of aryl methyl sites for hydroxylation is 1. The average Bonchev–Trinajstić information content (AvgIpc) is 3.17. The molecule has 4 rings (SSSR count). The number of anilines is 1. The van der Waals surface area contributed by atoms with E-state index >= 15 is 0 Å². The zero-order valence-electron chi connectivity index (χ0n) is 16.9. The zero-order chi connectivity index (χ0) is 19.5. The molecule has 3 aromatic rings. The lowest BCUT2D eigenvalue weighted by molar-refractivity contribution is 0.226. The van der Waals surface area contributed by atoms with Gasteiger partial charge in [0, 0.05) is 30.7 Å². The second-order valence-electron chi connectivity index (χ2n) is 7.64. The number of likely N-dealkylation sites (tertiary alicyclic amines) is 1. The van der Waals surface area contributed by atoms with E-state index in [0.29, 0.717) is 5.92 Å². The Morgan fingerprint density at radius 2 is 2.11 bits per heavy atom. The average molecular weight is 377 g/mol. The summed E-state index contributed by atoms with van der Waals surface area (Å²) >= 11 is 0. The van der Waals surface area contributed by atoms with Crippen molar-refractivity contribution in [3.05, 3.63) is 59.7 Å². The molecule has 4 heterocycles. The molecular formula is C22H28N6. The van der Waals surface area contributed by atoms with Crippen LogP contribution in [0.2, 0.25) is 0 Å². The molecular weight excluding hydrogens is 348 g/mol. The van der Waals surface area contributed by atoms with Crippen LogP contribution in [-0.2, 0) is 0 Å². The van der Waals surface area contributed by atoms with Crippen molar-refractivity contribution in [2.75, 3.05) is 32.0 Å². The third-order valence-corrected chi connectivity index (χ3v) is 5.66. The molecule has 0 saturated carbocycles. The van der Waals surface area contributed by atoms with Gasteiger partial charge < -0.3 is 10.2 Å². The van der Waals surface area contributed by atoms with E-state index in [1.165, 1.54) is 25.9 Å². The van der Waals surface area contributed by atoms with Crippen molar-refractivity contribution >= 4 is 17.0 Å². The molecule has 1 aliphatic heterocycles. The zero-order valence-corrected chi connectivity index (χ0v) is 16.9. The molecule has 0 amide bonds. The van der Waals surface area contributed by atoms with E-state index in [1.807, 2.05) is 29.2 Å². The first-order valence-corrected chi connectivity index (χ1v) is 10.0. The summed E-state index contributed by atoms with van der Waals surface area (Å²) in [4.78, 5) is 11.7. The number of piperidine rings is 1. The summed E-state index contributed by atoms with van der Waals surface area (Å²) in [6, 6.07) is 6.24. The van der Waals surface area contributed by atoms with Gasteiger partial charge in [0.15, 0.2) is 0 Å². The Morgan fingerprint density at radius 3 is 2.86 bits per heavy atom. The molecule has 28 heavy (non-hydrogen) atoms. The first-order valence-electron chi connectivity index (χ1n) is 10.0. The van der Waals surface area contributed by atoms with Gasteiger partial charge in [-0.2, -0.15) is 5.10 Å². The lowest BCUT2D eigenvalue weighted by Gasteiger charge is -2.28. The lowest BCUT2D eigenvalue weighted by Crippen LogP contribution is -2.33. The molecule has 0 aliphatic carbocycles. The van der Waals surface area contributed by atoms with Gasteiger partial charge in [-0.15, -0.1) is 0 Å². The quantitative estimate of drug-likeness (QED) is 0.737. The van der Waals surface area contributed by atoms with Crippen LogP contribution in [0.15, 0.2) is 42.9 Å². The smallest absolute Gasteiger partial charge is 0.222 e. The largest absolute Gasteiger partial charge is 0.354 e. The molecule has 1 aliphatic rings. The molecule has 0 unspecified atom stereocenters. The van der Waals surface area contributed by atoms with Gasteiger partial charge in [-0.3, -0.25) is 0 Å². The Kier molecular flexibility index (Phi) is 5.39. The fourth-order valence-corrected chi connectivity index (χ4v) is 3.89. The molecule has 0 spiro atoms. The monoisotopic (exact) mass is 376 g/mol. The van der Waals surface area contributed by atoms with E-state index in [2.05, 4.69) is 59.4 Å². The van der Waals surface area contributed by atoms with Crippen LogP contribution in [0.4, 0.5) is 5.95 Å². The Hall–Kier alpha value is -2.73. The van der Waals surface area contributed by atoms with Crippen LogP contribution in [0.5, 0.6) is 0 Å². The maximum atomic E-state index is 4.73. The number of nitrogens with zero attached hydrogens (tertiary/aromatic N) is 5. The fourth-order valence-electron chi connectivity index (χ4n) is 3.89. The topological polar surface area (TPSA) is 58.4 Å². The van der Waals surface area contributed by atoms with E-state index in [4.69, 9.17) is 4.98 Å². The van der Waals surface area contributed by atoms with Gasteiger partial charge in [0.05, 0.1) is 11.2 Å². The minimum Gasteiger partial charge on any atom is -0.354 e. The van der Waals surface area contributed by atoms with Gasteiger partial charge in [-0.25, -0.2) is 14.5 Å². The van der Waals surface area contributed by atoms with E-state index in [9.17, 15) is 0 Å². The summed E-state index contributed by atoms with van der Waals surface area (Å²) in [5.41, 5.74) is 5.42. The van der Waals surface area contributed by atoms with Gasteiger partial charge in [0.2, 0.25) is 5.95 Å². The molecule has 0 aromatic carbocycles. The summed E-state index contributed by atoms with van der Waals surface area (Å²) in [5.74, 6) is 1.43. The van der Waals surface area contributed by atoms with Crippen molar-refractivity contribution in [1.29, 1.82) is 0 Å². The number of pyridine rings is 1. The van der Waals surface area contributed by atoms with Crippen molar-refractivity contribution in [2.24, 2.45) is 5.92 Å². The highest BCUT2D eigenvalue weighted by molar-refractivity contribution is 5.81. The minimum atomic E-state index is 0.702. The SMILES string of the molecule is C/C=C(/c1ccn2nccc2c1)c1cnc(NCC2CCN(C)CC2)nc1C. The summed E-state index contributed by atoms with van der Waals surface area (Å²) in [7, 11) is 2.19. The third kappa shape index (κ3) is 3.92. The predicted octanol–water partition coefficient (Wildman–Crippen LogP) is 3.64. The molecule has 3 aromatic heterocycles. The Bertz CT molecular complexity index is 982. The van der Waals surface area contributed by atoms with Crippen LogP contribution in [-0.4, -0.2) is 51.2 Å². The molecule has 1 saturated heterocycles. The number of rotatable bonds is 5. The van der Waals surface area contributed by atoms with Crippen molar-refractivity contribution in [3.8, 4) is 0 Å². The minimum absolute atomic E-state index is 0.702. The highest BCUT2D eigenvalue weighted by atomic mass is 15.2. The molecule has 1 N–H and O–H groups in total. The second kappa shape index (κ2) is 8.10. The summed E-state index contributed by atoms with van der Waals surface area (Å²) in [6.07, 6.45) is 10.3. The van der Waals surface area contributed by atoms with Crippen LogP contribution in [0, 0.1) is 12.8 Å². The molecule has 6 heteroatoms. The highest BCUT2D eigenvalue weighted by Gasteiger charge is 2.17. The Balaban J connectivity index is 1.49. The van der Waals surface area contributed by atoms with E-state index in [1.54, 1.807) is 0 Å². The van der Waals surface area contributed by atoms with E-state index in [0.717, 1.165) is 40.4 Å². The van der Waals surface area contributed by atoms with E-state index in [-0.39, 0.29) is 0 Å². The standard InChI is InChI=1S/C22H28N6/c1-4-20(18-8-12-28-19(13-18)5-9-25-28)21-15-24-22(26-16(21)2)23-14-17-6-10-27(3)11-7-17/h4-5,8-9,12-13,15,17H,6-7,10-11,14H2,1-3H3,(H,23,24,26)/b20-4-. The van der Waals surface area contributed by atoms with Crippen LogP contribution in [0.1, 0.15) is 36.6 Å². The van der Waals surface area contributed by atoms with Gasteiger partial charge in [-0.1, -0.05) is 6.08 Å². The van der Waals surface area contributed by atoms with Crippen LogP contribution in [0.3, 0.4) is 0 Å². The molecule has 0 bridgehead atoms. The summed E-state index contributed by atoms with van der Waals surface area (Å²) in [6.45, 7) is 7.41. The molecule has 0 radical (unpaired) electrons. The van der Waals surface area contributed by atoms with Crippen molar-refractivity contribution in [2.45, 2.75) is 26.7 Å². The lowest BCUT2D eigenvalue weighted by atomic mass is 9.97. The molecule has 0 atom stereocenters. The van der Waals surface area contributed by atoms with Gasteiger partial charge in [0.25, 0.3) is 0 Å². The molecule has 1 fully saturated rings.